The van der Waals surface area contributed by atoms with Crippen LogP contribution >= 0.6 is 11.3 Å². The monoisotopic (exact) mass is 408 g/mol. The smallest absolute Gasteiger partial charge is 0.191 e. The van der Waals surface area contributed by atoms with Crippen molar-refractivity contribution >= 4 is 17.3 Å². The molecule has 3 rings (SSSR count). The average molecular weight is 409 g/mol. The van der Waals surface area contributed by atoms with Crippen LogP contribution in [0.4, 0.5) is 8.78 Å². The maximum atomic E-state index is 13.7. The van der Waals surface area contributed by atoms with Crippen molar-refractivity contribution < 1.29 is 13.5 Å². The van der Waals surface area contributed by atoms with Crippen molar-refractivity contribution in [2.24, 2.45) is 4.99 Å². The third kappa shape index (κ3) is 5.50. The number of halogens is 2. The average Bonchev–Trinajstić information content (AvgIpc) is 3.24. The van der Waals surface area contributed by atoms with Gasteiger partial charge in [0.15, 0.2) is 5.96 Å². The molecule has 2 heterocycles. The molecule has 1 unspecified atom stereocenters. The molecular weight excluding hydrogens is 382 g/mol. The van der Waals surface area contributed by atoms with Gasteiger partial charge in [0, 0.05) is 43.7 Å². The predicted octanol–water partition coefficient (Wildman–Crippen LogP) is 2.81. The molecule has 0 bridgehead atoms. The fraction of sp³-hybridized carbons (Fsp3) is 0.450. The van der Waals surface area contributed by atoms with Crippen LogP contribution in [-0.4, -0.2) is 57.3 Å². The lowest BCUT2D eigenvalue weighted by atomic mass is 10.1. The quantitative estimate of drug-likeness (QED) is 0.546. The summed E-state index contributed by atoms with van der Waals surface area (Å²) in [4.78, 5) is 7.93. The molecule has 1 atom stereocenters. The number of aliphatic imine (C=N–C) groups is 1. The van der Waals surface area contributed by atoms with Crippen molar-refractivity contribution in [3.05, 3.63) is 57.8 Å². The minimum atomic E-state index is -0.519. The minimum absolute atomic E-state index is 0.0928. The SMILES string of the molecule is CN=C(NCCc1c(F)cccc1F)NCC(c1cccs1)N1CCOCC1. The molecule has 2 aromatic rings. The van der Waals surface area contributed by atoms with Gasteiger partial charge in [-0.3, -0.25) is 9.89 Å². The molecular formula is C20H26F2N4OS. The van der Waals surface area contributed by atoms with Crippen LogP contribution in [0.2, 0.25) is 0 Å². The molecule has 1 fully saturated rings. The predicted molar refractivity (Wildman–Crippen MR) is 109 cm³/mol. The van der Waals surface area contributed by atoms with Crippen LogP contribution in [0.1, 0.15) is 16.5 Å². The van der Waals surface area contributed by atoms with E-state index in [1.165, 1.54) is 23.1 Å². The minimum Gasteiger partial charge on any atom is -0.379 e. The van der Waals surface area contributed by atoms with Gasteiger partial charge >= 0.3 is 0 Å². The van der Waals surface area contributed by atoms with E-state index in [0.29, 0.717) is 19.0 Å². The first-order valence-corrected chi connectivity index (χ1v) is 10.3. The molecule has 28 heavy (non-hydrogen) atoms. The highest BCUT2D eigenvalue weighted by atomic mass is 32.1. The van der Waals surface area contributed by atoms with Gasteiger partial charge in [-0.05, 0) is 30.0 Å². The number of hydrogen-bond acceptors (Lipinski definition) is 4. The lowest BCUT2D eigenvalue weighted by molar-refractivity contribution is 0.0177. The Balaban J connectivity index is 1.54. The fourth-order valence-corrected chi connectivity index (χ4v) is 4.13. The number of rotatable bonds is 7. The second-order valence-electron chi connectivity index (χ2n) is 6.51. The summed E-state index contributed by atoms with van der Waals surface area (Å²) in [5.74, 6) is -0.420. The maximum absolute atomic E-state index is 13.7. The summed E-state index contributed by atoms with van der Waals surface area (Å²) < 4.78 is 33.0. The third-order valence-corrected chi connectivity index (χ3v) is 5.75. The molecule has 1 aromatic carbocycles. The summed E-state index contributed by atoms with van der Waals surface area (Å²) in [6, 6.07) is 8.36. The van der Waals surface area contributed by atoms with Crippen molar-refractivity contribution in [3.8, 4) is 0 Å². The van der Waals surface area contributed by atoms with Gasteiger partial charge in [0.2, 0.25) is 0 Å². The Labute approximate surface area is 168 Å². The Hall–Kier alpha value is -2.03. The topological polar surface area (TPSA) is 48.9 Å². The summed E-state index contributed by atoms with van der Waals surface area (Å²) in [6.07, 6.45) is 0.247. The van der Waals surface area contributed by atoms with E-state index in [9.17, 15) is 8.78 Å². The van der Waals surface area contributed by atoms with E-state index in [0.717, 1.165) is 26.3 Å². The zero-order valence-electron chi connectivity index (χ0n) is 16.0. The summed E-state index contributed by atoms with van der Waals surface area (Å²) in [6.45, 7) is 4.34. The van der Waals surface area contributed by atoms with Crippen LogP contribution < -0.4 is 10.6 Å². The number of morpholine rings is 1. The van der Waals surface area contributed by atoms with Gasteiger partial charge in [-0.2, -0.15) is 0 Å². The molecule has 0 spiro atoms. The van der Waals surface area contributed by atoms with E-state index in [4.69, 9.17) is 4.74 Å². The van der Waals surface area contributed by atoms with Gasteiger partial charge in [-0.25, -0.2) is 8.78 Å². The molecule has 1 aliphatic heterocycles. The molecule has 152 valence electrons. The highest BCUT2D eigenvalue weighted by Gasteiger charge is 2.23. The van der Waals surface area contributed by atoms with Gasteiger partial charge in [0.25, 0.3) is 0 Å². The van der Waals surface area contributed by atoms with Crippen LogP contribution in [-0.2, 0) is 11.2 Å². The Morgan fingerprint density at radius 3 is 2.57 bits per heavy atom. The zero-order valence-corrected chi connectivity index (χ0v) is 16.8. The molecule has 8 heteroatoms. The van der Waals surface area contributed by atoms with Gasteiger partial charge in [0.05, 0.1) is 19.3 Å². The van der Waals surface area contributed by atoms with Crippen molar-refractivity contribution in [1.29, 1.82) is 0 Å². The highest BCUT2D eigenvalue weighted by molar-refractivity contribution is 7.10. The van der Waals surface area contributed by atoms with Crippen LogP contribution in [0, 0.1) is 11.6 Å². The maximum Gasteiger partial charge on any atom is 0.191 e. The van der Waals surface area contributed by atoms with Crippen molar-refractivity contribution in [3.63, 3.8) is 0 Å². The lowest BCUT2D eigenvalue weighted by Gasteiger charge is -2.34. The molecule has 2 N–H and O–H groups in total. The molecule has 1 aliphatic rings. The summed E-state index contributed by atoms with van der Waals surface area (Å²) in [5, 5.41) is 8.57. The van der Waals surface area contributed by atoms with Gasteiger partial charge < -0.3 is 15.4 Å². The first-order chi connectivity index (χ1) is 13.7. The number of ether oxygens (including phenoxy) is 1. The zero-order chi connectivity index (χ0) is 19.8. The van der Waals surface area contributed by atoms with Crippen molar-refractivity contribution in [2.45, 2.75) is 12.5 Å². The van der Waals surface area contributed by atoms with Crippen molar-refractivity contribution in [2.75, 3.05) is 46.4 Å². The van der Waals surface area contributed by atoms with E-state index in [1.54, 1.807) is 18.4 Å². The second kappa shape index (κ2) is 10.5. The normalized spacial score (nSPS) is 16.8. The highest BCUT2D eigenvalue weighted by Crippen LogP contribution is 2.25. The van der Waals surface area contributed by atoms with Crippen LogP contribution in [0.15, 0.2) is 40.7 Å². The standard InChI is InChI=1S/C20H26F2N4OS/c1-23-20(24-8-7-15-16(21)4-2-5-17(15)22)25-14-18(19-6-3-13-28-19)26-9-11-27-12-10-26/h2-6,13,18H,7-12,14H2,1H3,(H2,23,24,25). The van der Waals surface area contributed by atoms with Gasteiger partial charge in [0.1, 0.15) is 11.6 Å². The largest absolute Gasteiger partial charge is 0.379 e. The Morgan fingerprint density at radius 2 is 1.93 bits per heavy atom. The number of benzene rings is 1. The first kappa shape index (κ1) is 20.7. The Kier molecular flexibility index (Phi) is 7.76. The molecule has 5 nitrogen and oxygen atoms in total. The Bertz CT molecular complexity index is 743. The van der Waals surface area contributed by atoms with Crippen LogP contribution in [0.5, 0.6) is 0 Å². The molecule has 0 amide bonds. The van der Waals surface area contributed by atoms with Crippen molar-refractivity contribution in [1.82, 2.24) is 15.5 Å². The van der Waals surface area contributed by atoms with E-state index in [2.05, 4.69) is 38.0 Å². The van der Waals surface area contributed by atoms with Gasteiger partial charge in [-0.1, -0.05) is 12.1 Å². The first-order valence-electron chi connectivity index (χ1n) is 9.41. The molecule has 0 radical (unpaired) electrons. The molecule has 1 aromatic heterocycles. The number of thiophene rings is 1. The number of nitrogens with one attached hydrogen (secondary N) is 2. The second-order valence-corrected chi connectivity index (χ2v) is 7.49. The number of guanidine groups is 1. The van der Waals surface area contributed by atoms with E-state index in [1.807, 2.05) is 0 Å². The van der Waals surface area contributed by atoms with E-state index < -0.39 is 11.6 Å². The number of nitrogens with zero attached hydrogens (tertiary/aromatic N) is 2. The van der Waals surface area contributed by atoms with Crippen LogP contribution in [0.3, 0.4) is 0 Å². The van der Waals surface area contributed by atoms with Gasteiger partial charge in [-0.15, -0.1) is 11.3 Å². The molecule has 0 aliphatic carbocycles. The summed E-state index contributed by atoms with van der Waals surface area (Å²) in [5.41, 5.74) is 0.0928. The number of hydrogen-bond donors (Lipinski definition) is 2. The fourth-order valence-electron chi connectivity index (χ4n) is 3.27. The molecule has 0 saturated carbocycles. The summed E-state index contributed by atoms with van der Waals surface area (Å²) in [7, 11) is 1.69. The Morgan fingerprint density at radius 1 is 1.18 bits per heavy atom. The van der Waals surface area contributed by atoms with Crippen LogP contribution in [0.25, 0.3) is 0 Å². The molecule has 1 saturated heterocycles. The van der Waals surface area contributed by atoms with E-state index in [-0.39, 0.29) is 18.0 Å². The lowest BCUT2D eigenvalue weighted by Crippen LogP contribution is -2.46. The van der Waals surface area contributed by atoms with E-state index >= 15 is 0 Å². The third-order valence-electron chi connectivity index (χ3n) is 4.77. The summed E-state index contributed by atoms with van der Waals surface area (Å²) >= 11 is 1.74.